The Balaban J connectivity index is 1.57. The molecule has 0 radical (unpaired) electrons. The number of benzene rings is 1. The molecule has 1 fully saturated rings. The van der Waals surface area contributed by atoms with Gasteiger partial charge in [-0.1, -0.05) is 24.3 Å². The summed E-state index contributed by atoms with van der Waals surface area (Å²) in [4.78, 5) is 14.1. The van der Waals surface area contributed by atoms with E-state index in [0.29, 0.717) is 13.2 Å². The second-order valence-corrected chi connectivity index (χ2v) is 7.18. The molecule has 0 bridgehead atoms. The van der Waals surface area contributed by atoms with Gasteiger partial charge in [-0.25, -0.2) is 9.18 Å². The molecule has 1 unspecified atom stereocenters. The third kappa shape index (κ3) is 3.72. The van der Waals surface area contributed by atoms with Gasteiger partial charge in [-0.15, -0.1) is 0 Å². The van der Waals surface area contributed by atoms with E-state index in [2.05, 4.69) is 0 Å². The summed E-state index contributed by atoms with van der Waals surface area (Å²) in [5.74, 6) is -0.258. The summed E-state index contributed by atoms with van der Waals surface area (Å²) in [6.07, 6.45) is 4.40. The van der Waals surface area contributed by atoms with Crippen LogP contribution in [0.3, 0.4) is 0 Å². The molecule has 2 aliphatic rings. The van der Waals surface area contributed by atoms with Gasteiger partial charge < -0.3 is 9.47 Å². The standard InChI is InChI=1S/C18H22FNO3/c1-17(2,3)23-16(21)20-11-15(10-18(20)8-9-18)22-12-13-4-6-14(19)7-5-13/h4-9,15H,10-12H2,1-3H3. The molecule has 1 aliphatic carbocycles. The SMILES string of the molecule is CC(C)(C)OC(=O)N1CC(OCc2ccc(F)cc2)CC12C=C2. The molecule has 1 aliphatic heterocycles. The highest BCUT2D eigenvalue weighted by molar-refractivity contribution is 5.72. The number of carbonyl (C=O) groups is 1. The van der Waals surface area contributed by atoms with Gasteiger partial charge in [0.2, 0.25) is 0 Å². The van der Waals surface area contributed by atoms with E-state index in [4.69, 9.17) is 9.47 Å². The van der Waals surface area contributed by atoms with E-state index in [-0.39, 0.29) is 23.6 Å². The summed E-state index contributed by atoms with van der Waals surface area (Å²) in [6.45, 7) is 6.48. The molecule has 0 saturated carbocycles. The second-order valence-electron chi connectivity index (χ2n) is 7.18. The molecule has 3 rings (SSSR count). The fourth-order valence-electron chi connectivity index (χ4n) is 2.79. The Bertz CT molecular complexity index is 612. The first kappa shape index (κ1) is 16.0. The average molecular weight is 319 g/mol. The Morgan fingerprint density at radius 1 is 1.30 bits per heavy atom. The van der Waals surface area contributed by atoms with Crippen molar-refractivity contribution in [3.05, 3.63) is 47.8 Å². The van der Waals surface area contributed by atoms with Crippen molar-refractivity contribution in [1.82, 2.24) is 4.90 Å². The van der Waals surface area contributed by atoms with E-state index in [0.717, 1.165) is 12.0 Å². The number of ether oxygens (including phenoxy) is 2. The summed E-state index contributed by atoms with van der Waals surface area (Å²) in [5, 5.41) is 0. The lowest BCUT2D eigenvalue weighted by molar-refractivity contribution is 0.0149. The Morgan fingerprint density at radius 3 is 2.52 bits per heavy atom. The van der Waals surface area contributed by atoms with Crippen molar-refractivity contribution < 1.29 is 18.7 Å². The third-order valence-electron chi connectivity index (χ3n) is 4.01. The first-order valence-corrected chi connectivity index (χ1v) is 7.84. The van der Waals surface area contributed by atoms with Gasteiger partial charge in [-0.2, -0.15) is 0 Å². The lowest BCUT2D eigenvalue weighted by Crippen LogP contribution is -2.42. The number of halogens is 1. The van der Waals surface area contributed by atoms with Crippen LogP contribution in [0.1, 0.15) is 32.8 Å². The highest BCUT2D eigenvalue weighted by Gasteiger charge is 2.52. The first-order chi connectivity index (χ1) is 10.8. The number of rotatable bonds is 3. The summed E-state index contributed by atoms with van der Waals surface area (Å²) in [6, 6.07) is 6.26. The Kier molecular flexibility index (Phi) is 3.92. The molecule has 1 heterocycles. The van der Waals surface area contributed by atoms with E-state index >= 15 is 0 Å². The number of nitrogens with zero attached hydrogens (tertiary/aromatic N) is 1. The number of carbonyl (C=O) groups excluding carboxylic acids is 1. The van der Waals surface area contributed by atoms with Crippen LogP contribution in [0, 0.1) is 5.82 Å². The van der Waals surface area contributed by atoms with E-state index in [1.807, 2.05) is 32.9 Å². The molecule has 1 spiro atoms. The van der Waals surface area contributed by atoms with Gasteiger partial charge in [-0.05, 0) is 38.5 Å². The number of amides is 1. The molecule has 0 N–H and O–H groups in total. The average Bonchev–Trinajstić information content (AvgIpc) is 3.10. The highest BCUT2D eigenvalue weighted by Crippen LogP contribution is 2.43. The minimum atomic E-state index is -0.514. The first-order valence-electron chi connectivity index (χ1n) is 7.84. The van der Waals surface area contributed by atoms with Crippen LogP contribution in [0.15, 0.2) is 36.4 Å². The number of hydrogen-bond acceptors (Lipinski definition) is 3. The Labute approximate surface area is 135 Å². The summed E-state index contributed by atoms with van der Waals surface area (Å²) in [5.41, 5.74) is 0.0932. The summed E-state index contributed by atoms with van der Waals surface area (Å²) >= 11 is 0. The van der Waals surface area contributed by atoms with Gasteiger partial charge in [-0.3, -0.25) is 4.90 Å². The number of likely N-dealkylation sites (tertiary alicyclic amines) is 1. The van der Waals surface area contributed by atoms with Gasteiger partial charge in [0.25, 0.3) is 0 Å². The van der Waals surface area contributed by atoms with Gasteiger partial charge in [0.1, 0.15) is 11.4 Å². The fraction of sp³-hybridized carbons (Fsp3) is 0.500. The highest BCUT2D eigenvalue weighted by atomic mass is 19.1. The Hall–Kier alpha value is -1.88. The third-order valence-corrected chi connectivity index (χ3v) is 4.01. The van der Waals surface area contributed by atoms with Crippen molar-refractivity contribution in [2.24, 2.45) is 0 Å². The topological polar surface area (TPSA) is 38.8 Å². The minimum absolute atomic E-state index is 0.0532. The molecule has 23 heavy (non-hydrogen) atoms. The molecule has 4 nitrogen and oxygen atoms in total. The van der Waals surface area contributed by atoms with Crippen molar-refractivity contribution in [2.45, 2.75) is 51.0 Å². The lowest BCUT2D eigenvalue weighted by Gasteiger charge is -2.28. The molecule has 1 aromatic carbocycles. The van der Waals surface area contributed by atoms with Crippen LogP contribution >= 0.6 is 0 Å². The van der Waals surface area contributed by atoms with Crippen LogP contribution < -0.4 is 0 Å². The van der Waals surface area contributed by atoms with Gasteiger partial charge >= 0.3 is 6.09 Å². The van der Waals surface area contributed by atoms with Crippen molar-refractivity contribution in [3.63, 3.8) is 0 Å². The van der Waals surface area contributed by atoms with Gasteiger partial charge in [0, 0.05) is 6.42 Å². The largest absolute Gasteiger partial charge is 0.444 e. The molecule has 1 amide bonds. The zero-order valence-electron chi connectivity index (χ0n) is 13.7. The molecule has 5 heteroatoms. The second kappa shape index (κ2) is 5.64. The van der Waals surface area contributed by atoms with Crippen LogP contribution in [0.25, 0.3) is 0 Å². The van der Waals surface area contributed by atoms with Crippen LogP contribution in [0.2, 0.25) is 0 Å². The summed E-state index contributed by atoms with van der Waals surface area (Å²) in [7, 11) is 0. The van der Waals surface area contributed by atoms with E-state index in [1.165, 1.54) is 12.1 Å². The van der Waals surface area contributed by atoms with Crippen molar-refractivity contribution >= 4 is 6.09 Å². The predicted molar refractivity (Wildman–Crippen MR) is 84.4 cm³/mol. The van der Waals surface area contributed by atoms with E-state index in [9.17, 15) is 9.18 Å². The maximum atomic E-state index is 12.9. The molecule has 124 valence electrons. The maximum Gasteiger partial charge on any atom is 0.411 e. The van der Waals surface area contributed by atoms with Crippen LogP contribution in [-0.4, -0.2) is 34.8 Å². The molecule has 0 aromatic heterocycles. The van der Waals surface area contributed by atoms with E-state index < -0.39 is 5.60 Å². The molecular weight excluding hydrogens is 297 g/mol. The summed E-state index contributed by atoms with van der Waals surface area (Å²) < 4.78 is 24.3. The predicted octanol–water partition coefficient (Wildman–Crippen LogP) is 3.66. The van der Waals surface area contributed by atoms with Gasteiger partial charge in [0.15, 0.2) is 0 Å². The van der Waals surface area contributed by atoms with Gasteiger partial charge in [0.05, 0.1) is 24.8 Å². The van der Waals surface area contributed by atoms with Crippen LogP contribution in [-0.2, 0) is 16.1 Å². The quantitative estimate of drug-likeness (QED) is 0.798. The fourth-order valence-corrected chi connectivity index (χ4v) is 2.79. The van der Waals surface area contributed by atoms with Crippen molar-refractivity contribution in [3.8, 4) is 0 Å². The van der Waals surface area contributed by atoms with Crippen molar-refractivity contribution in [1.29, 1.82) is 0 Å². The zero-order chi connectivity index (χ0) is 16.7. The maximum absolute atomic E-state index is 12.9. The van der Waals surface area contributed by atoms with Crippen LogP contribution in [0.4, 0.5) is 9.18 Å². The molecular formula is C18H22FNO3. The molecule has 1 atom stereocenters. The minimum Gasteiger partial charge on any atom is -0.444 e. The normalized spacial score (nSPS) is 21.7. The smallest absolute Gasteiger partial charge is 0.411 e. The molecule has 1 saturated heterocycles. The van der Waals surface area contributed by atoms with Crippen LogP contribution in [0.5, 0.6) is 0 Å². The Morgan fingerprint density at radius 2 is 1.96 bits per heavy atom. The van der Waals surface area contributed by atoms with Crippen molar-refractivity contribution in [2.75, 3.05) is 6.54 Å². The monoisotopic (exact) mass is 319 g/mol. The molecule has 1 aromatic rings. The zero-order valence-corrected chi connectivity index (χ0v) is 13.7. The van der Waals surface area contributed by atoms with E-state index in [1.54, 1.807) is 17.0 Å². The number of hydrogen-bond donors (Lipinski definition) is 0. The lowest BCUT2D eigenvalue weighted by atomic mass is 10.1.